The molecule has 0 spiro atoms. The van der Waals surface area contributed by atoms with Crippen molar-refractivity contribution in [1.29, 1.82) is 0 Å². The Bertz CT molecular complexity index is 981. The smallest absolute Gasteiger partial charge is 0.284 e. The van der Waals surface area contributed by atoms with Crippen LogP contribution in [0.4, 0.5) is 5.69 Å². The maximum absolute atomic E-state index is 12.4. The van der Waals surface area contributed by atoms with E-state index < -0.39 is 16.9 Å². The summed E-state index contributed by atoms with van der Waals surface area (Å²) >= 11 is 0. The number of hydrogen-bond acceptors (Lipinski definition) is 7. The number of benzene rings is 2. The fraction of sp³-hybridized carbons (Fsp3) is 0.300. The Kier molecular flexibility index (Phi) is 5.40. The molecular formula is C20H21N3O6. The van der Waals surface area contributed by atoms with Crippen LogP contribution in [0.25, 0.3) is 0 Å². The van der Waals surface area contributed by atoms with Gasteiger partial charge < -0.3 is 14.6 Å². The van der Waals surface area contributed by atoms with E-state index in [1.807, 2.05) is 18.2 Å². The largest absolute Gasteiger partial charge is 0.508 e. The van der Waals surface area contributed by atoms with E-state index in [0.717, 1.165) is 17.8 Å². The van der Waals surface area contributed by atoms with E-state index in [-0.39, 0.29) is 29.0 Å². The molecule has 0 saturated heterocycles. The zero-order valence-corrected chi connectivity index (χ0v) is 16.2. The molecule has 0 bridgehead atoms. The molecule has 0 fully saturated rings. The second-order valence-corrected chi connectivity index (χ2v) is 7.56. The summed E-state index contributed by atoms with van der Waals surface area (Å²) in [5, 5.41) is 24.3. The molecule has 1 atom stereocenters. The van der Waals surface area contributed by atoms with Gasteiger partial charge in [0.1, 0.15) is 12.4 Å². The van der Waals surface area contributed by atoms with Gasteiger partial charge >= 0.3 is 0 Å². The predicted molar refractivity (Wildman–Crippen MR) is 106 cm³/mol. The minimum absolute atomic E-state index is 0.00942. The van der Waals surface area contributed by atoms with Crippen molar-refractivity contribution in [2.75, 3.05) is 6.61 Å². The molecule has 0 aromatic heterocycles. The number of hydrogen-bond donors (Lipinski definition) is 2. The van der Waals surface area contributed by atoms with Crippen LogP contribution in [0, 0.1) is 10.1 Å². The molecule has 29 heavy (non-hydrogen) atoms. The average molecular weight is 399 g/mol. The van der Waals surface area contributed by atoms with Crippen LogP contribution in [0.15, 0.2) is 41.5 Å². The molecule has 0 saturated carbocycles. The van der Waals surface area contributed by atoms with E-state index in [1.165, 1.54) is 12.1 Å². The van der Waals surface area contributed by atoms with Crippen LogP contribution < -0.4 is 14.9 Å². The first-order valence-electron chi connectivity index (χ1n) is 8.89. The van der Waals surface area contributed by atoms with E-state index in [0.29, 0.717) is 11.5 Å². The Labute approximate surface area is 167 Å². The van der Waals surface area contributed by atoms with Crippen molar-refractivity contribution in [1.82, 2.24) is 5.43 Å². The molecule has 2 aromatic carbocycles. The number of nitrogens with zero attached hydrogens (tertiary/aromatic N) is 2. The maximum Gasteiger partial charge on any atom is 0.284 e. The van der Waals surface area contributed by atoms with Crippen LogP contribution in [-0.2, 0) is 10.2 Å². The predicted octanol–water partition coefficient (Wildman–Crippen LogP) is 2.89. The average Bonchev–Trinajstić information content (AvgIpc) is 2.66. The van der Waals surface area contributed by atoms with Gasteiger partial charge in [0.25, 0.3) is 11.6 Å². The molecule has 2 N–H and O–H groups in total. The summed E-state index contributed by atoms with van der Waals surface area (Å²) in [6.45, 7) is 6.21. The minimum atomic E-state index is -0.922. The number of amides is 1. The van der Waals surface area contributed by atoms with Gasteiger partial charge in [-0.1, -0.05) is 26.8 Å². The number of aromatic hydroxyl groups is 1. The topological polar surface area (TPSA) is 123 Å². The van der Waals surface area contributed by atoms with E-state index in [4.69, 9.17) is 9.47 Å². The van der Waals surface area contributed by atoms with Crippen LogP contribution >= 0.6 is 0 Å². The van der Waals surface area contributed by atoms with Gasteiger partial charge in [0.2, 0.25) is 6.10 Å². The summed E-state index contributed by atoms with van der Waals surface area (Å²) in [6.07, 6.45) is 0.166. The number of carbonyl (C=O) groups excluding carboxylic acids is 1. The van der Waals surface area contributed by atoms with Crippen molar-refractivity contribution in [2.45, 2.75) is 32.3 Å². The van der Waals surface area contributed by atoms with Crippen LogP contribution in [0.1, 0.15) is 31.9 Å². The van der Waals surface area contributed by atoms with Crippen LogP contribution in [0.3, 0.4) is 0 Å². The Morgan fingerprint density at radius 2 is 2.03 bits per heavy atom. The van der Waals surface area contributed by atoms with Crippen molar-refractivity contribution in [2.24, 2.45) is 5.10 Å². The Balaban J connectivity index is 1.69. The maximum atomic E-state index is 12.4. The highest BCUT2D eigenvalue weighted by Crippen LogP contribution is 2.36. The summed E-state index contributed by atoms with van der Waals surface area (Å²) in [7, 11) is 0. The molecule has 0 aliphatic carbocycles. The number of nitro benzene ring substituents is 1. The first-order chi connectivity index (χ1) is 13.6. The fourth-order valence-corrected chi connectivity index (χ4v) is 2.72. The molecule has 9 nitrogen and oxygen atoms in total. The lowest BCUT2D eigenvalue weighted by Crippen LogP contribution is -2.42. The molecule has 3 rings (SSSR count). The lowest BCUT2D eigenvalue weighted by Gasteiger charge is -2.27. The Hall–Kier alpha value is -3.62. The lowest BCUT2D eigenvalue weighted by molar-refractivity contribution is -0.385. The number of hydrazone groups is 1. The van der Waals surface area contributed by atoms with Gasteiger partial charge in [0.05, 0.1) is 16.7 Å². The van der Waals surface area contributed by atoms with Crippen LogP contribution in [-0.4, -0.2) is 34.9 Å². The first-order valence-corrected chi connectivity index (χ1v) is 8.89. The fourth-order valence-electron chi connectivity index (χ4n) is 2.72. The summed E-state index contributed by atoms with van der Waals surface area (Å²) in [4.78, 5) is 22.8. The summed E-state index contributed by atoms with van der Waals surface area (Å²) in [5.74, 6) is 0.312. The van der Waals surface area contributed by atoms with Crippen LogP contribution in [0.5, 0.6) is 17.2 Å². The number of carbonyl (C=O) groups is 1. The van der Waals surface area contributed by atoms with Gasteiger partial charge in [-0.3, -0.25) is 14.9 Å². The number of phenols is 1. The van der Waals surface area contributed by atoms with Gasteiger partial charge in [-0.15, -0.1) is 0 Å². The zero-order chi connectivity index (χ0) is 21.2. The molecule has 1 amide bonds. The molecule has 1 aliphatic heterocycles. The van der Waals surface area contributed by atoms with Crippen molar-refractivity contribution < 1.29 is 24.3 Å². The highest BCUT2D eigenvalue weighted by Gasteiger charge is 2.28. The third-order valence-corrected chi connectivity index (χ3v) is 4.35. The lowest BCUT2D eigenvalue weighted by atomic mass is 9.87. The quantitative estimate of drug-likeness (QED) is 0.463. The van der Waals surface area contributed by atoms with Gasteiger partial charge in [-0.2, -0.15) is 5.10 Å². The van der Waals surface area contributed by atoms with E-state index in [9.17, 15) is 20.0 Å². The summed E-state index contributed by atoms with van der Waals surface area (Å²) in [5.41, 5.74) is 3.03. The van der Waals surface area contributed by atoms with Gasteiger partial charge in [0, 0.05) is 6.07 Å². The highest BCUT2D eigenvalue weighted by atomic mass is 16.6. The van der Waals surface area contributed by atoms with Gasteiger partial charge in [0.15, 0.2) is 11.5 Å². The van der Waals surface area contributed by atoms with Crippen molar-refractivity contribution in [3.05, 3.63) is 57.6 Å². The van der Waals surface area contributed by atoms with Crippen molar-refractivity contribution in [3.63, 3.8) is 0 Å². The van der Waals surface area contributed by atoms with Gasteiger partial charge in [-0.05, 0) is 35.2 Å². The molecular weight excluding hydrogens is 378 g/mol. The number of nitro groups is 1. The highest BCUT2D eigenvalue weighted by molar-refractivity contribution is 5.88. The van der Waals surface area contributed by atoms with Crippen molar-refractivity contribution in [3.8, 4) is 17.2 Å². The third-order valence-electron chi connectivity index (χ3n) is 4.35. The first kappa shape index (κ1) is 20.1. The SMILES string of the molecule is CC(C)(C)c1ccc2c(c1)O[C@@H](C(=O)N/N=C/c1cc(O)ccc1[N+](=O)[O-])CO2. The summed E-state index contributed by atoms with van der Waals surface area (Å²) < 4.78 is 11.3. The van der Waals surface area contributed by atoms with E-state index in [1.54, 1.807) is 0 Å². The van der Waals surface area contributed by atoms with Gasteiger partial charge in [-0.25, -0.2) is 5.43 Å². The number of fused-ring (bicyclic) bond motifs is 1. The second kappa shape index (κ2) is 7.78. The Morgan fingerprint density at radius 3 is 2.72 bits per heavy atom. The molecule has 2 aromatic rings. The standard InChI is InChI=1S/C20H21N3O6/c1-20(2,3)13-4-7-16-17(9-13)29-18(11-28-16)19(25)22-21-10-12-8-14(24)5-6-15(12)23(26)27/h4-10,18,24H,11H2,1-3H3,(H,22,25)/b21-10+/t18-/m1/s1. The van der Waals surface area contributed by atoms with E-state index in [2.05, 4.69) is 31.3 Å². The number of ether oxygens (including phenoxy) is 2. The number of rotatable bonds is 4. The second-order valence-electron chi connectivity index (χ2n) is 7.56. The normalized spacial score (nSPS) is 15.9. The summed E-state index contributed by atoms with van der Waals surface area (Å²) in [6, 6.07) is 9.13. The molecule has 9 heteroatoms. The third kappa shape index (κ3) is 4.63. The van der Waals surface area contributed by atoms with Crippen molar-refractivity contribution >= 4 is 17.8 Å². The minimum Gasteiger partial charge on any atom is -0.508 e. The molecule has 0 unspecified atom stereocenters. The molecule has 1 aliphatic rings. The molecule has 152 valence electrons. The zero-order valence-electron chi connectivity index (χ0n) is 16.2. The monoisotopic (exact) mass is 399 g/mol. The van der Waals surface area contributed by atoms with E-state index >= 15 is 0 Å². The molecule has 0 radical (unpaired) electrons. The Morgan fingerprint density at radius 1 is 1.28 bits per heavy atom. The van der Waals surface area contributed by atoms with Crippen LogP contribution in [0.2, 0.25) is 0 Å². The number of phenolic OH excluding ortho intramolecular Hbond substituents is 1. The number of nitrogens with one attached hydrogen (secondary N) is 1. The molecule has 1 heterocycles.